The van der Waals surface area contributed by atoms with Crippen molar-refractivity contribution in [3.63, 3.8) is 0 Å². The van der Waals surface area contributed by atoms with Crippen molar-refractivity contribution in [2.75, 3.05) is 5.32 Å². The van der Waals surface area contributed by atoms with Crippen LogP contribution in [0.15, 0.2) is 48.5 Å². The average molecular weight is 286 g/mol. The SMILES string of the molecule is O=[N+]([O-])c1ccc(F)c(NC2CC(c3ccccc3)C2)c1. The standard InChI is InChI=1S/C16H15FN2O2/c17-15-7-6-14(19(20)21)10-16(15)18-13-8-12(9-13)11-4-2-1-3-5-11/h1-7,10,12-13,18H,8-9H2. The molecule has 0 aliphatic heterocycles. The summed E-state index contributed by atoms with van der Waals surface area (Å²) in [7, 11) is 0. The van der Waals surface area contributed by atoms with Crippen LogP contribution in [0, 0.1) is 15.9 Å². The van der Waals surface area contributed by atoms with E-state index in [1.165, 1.54) is 17.7 Å². The molecule has 1 N–H and O–H groups in total. The van der Waals surface area contributed by atoms with Crippen LogP contribution in [0.25, 0.3) is 0 Å². The molecule has 0 bridgehead atoms. The van der Waals surface area contributed by atoms with Crippen LogP contribution in [0.2, 0.25) is 0 Å². The molecule has 2 aromatic rings. The van der Waals surface area contributed by atoms with Crippen molar-refractivity contribution in [2.24, 2.45) is 0 Å². The highest BCUT2D eigenvalue weighted by Crippen LogP contribution is 2.39. The fourth-order valence-corrected chi connectivity index (χ4v) is 2.69. The maximum Gasteiger partial charge on any atom is 0.271 e. The van der Waals surface area contributed by atoms with Crippen LogP contribution in [-0.2, 0) is 0 Å². The molecule has 0 aromatic heterocycles. The van der Waals surface area contributed by atoms with Gasteiger partial charge in [0.1, 0.15) is 5.82 Å². The number of halogens is 1. The predicted octanol–water partition coefficient (Wildman–Crippen LogP) is 4.09. The first kappa shape index (κ1) is 13.5. The van der Waals surface area contributed by atoms with Gasteiger partial charge in [0, 0.05) is 18.2 Å². The minimum atomic E-state index is -0.516. The summed E-state index contributed by atoms with van der Waals surface area (Å²) in [6.07, 6.45) is 1.82. The van der Waals surface area contributed by atoms with Gasteiger partial charge in [-0.1, -0.05) is 30.3 Å². The van der Waals surface area contributed by atoms with Gasteiger partial charge in [-0.3, -0.25) is 10.1 Å². The molecule has 5 heteroatoms. The van der Waals surface area contributed by atoms with E-state index in [0.717, 1.165) is 18.9 Å². The average Bonchev–Trinajstić information content (AvgIpc) is 2.44. The Morgan fingerprint density at radius 1 is 1.14 bits per heavy atom. The van der Waals surface area contributed by atoms with E-state index < -0.39 is 10.7 Å². The molecule has 0 atom stereocenters. The summed E-state index contributed by atoms with van der Waals surface area (Å²) >= 11 is 0. The lowest BCUT2D eigenvalue weighted by atomic mass is 9.76. The second-order valence-corrected chi connectivity index (χ2v) is 5.34. The maximum absolute atomic E-state index is 13.7. The third-order valence-electron chi connectivity index (χ3n) is 3.93. The first-order valence-electron chi connectivity index (χ1n) is 6.89. The van der Waals surface area contributed by atoms with Crippen LogP contribution in [0.4, 0.5) is 15.8 Å². The second-order valence-electron chi connectivity index (χ2n) is 5.34. The Hall–Kier alpha value is -2.43. The van der Waals surface area contributed by atoms with Gasteiger partial charge in [-0.2, -0.15) is 0 Å². The Bertz CT molecular complexity index is 655. The Labute approximate surface area is 121 Å². The molecule has 108 valence electrons. The summed E-state index contributed by atoms with van der Waals surface area (Å²) < 4.78 is 13.7. The summed E-state index contributed by atoms with van der Waals surface area (Å²) in [4.78, 5) is 10.2. The van der Waals surface area contributed by atoms with Crippen molar-refractivity contribution in [1.82, 2.24) is 0 Å². The molecule has 0 radical (unpaired) electrons. The van der Waals surface area contributed by atoms with Crippen LogP contribution in [0.1, 0.15) is 24.3 Å². The number of rotatable bonds is 4. The monoisotopic (exact) mass is 286 g/mol. The second kappa shape index (κ2) is 5.52. The molecule has 1 saturated carbocycles. The topological polar surface area (TPSA) is 55.2 Å². The van der Waals surface area contributed by atoms with Crippen molar-refractivity contribution < 1.29 is 9.31 Å². The van der Waals surface area contributed by atoms with E-state index in [-0.39, 0.29) is 17.4 Å². The van der Waals surface area contributed by atoms with E-state index >= 15 is 0 Å². The van der Waals surface area contributed by atoms with Crippen molar-refractivity contribution in [2.45, 2.75) is 24.8 Å². The van der Waals surface area contributed by atoms with Crippen LogP contribution >= 0.6 is 0 Å². The zero-order valence-corrected chi connectivity index (χ0v) is 11.3. The molecule has 2 aromatic carbocycles. The molecule has 0 amide bonds. The van der Waals surface area contributed by atoms with E-state index in [4.69, 9.17) is 0 Å². The van der Waals surface area contributed by atoms with Gasteiger partial charge in [-0.15, -0.1) is 0 Å². The molecule has 0 saturated heterocycles. The molecule has 0 unspecified atom stereocenters. The van der Waals surface area contributed by atoms with Gasteiger partial charge < -0.3 is 5.32 Å². The fraction of sp³-hybridized carbons (Fsp3) is 0.250. The van der Waals surface area contributed by atoms with Crippen LogP contribution in [0.3, 0.4) is 0 Å². The summed E-state index contributed by atoms with van der Waals surface area (Å²) in [5.41, 5.74) is 1.40. The molecule has 3 rings (SSSR count). The van der Waals surface area contributed by atoms with E-state index in [1.54, 1.807) is 0 Å². The largest absolute Gasteiger partial charge is 0.380 e. The number of hydrogen-bond acceptors (Lipinski definition) is 3. The van der Waals surface area contributed by atoms with Gasteiger partial charge in [0.05, 0.1) is 10.6 Å². The first-order chi connectivity index (χ1) is 10.1. The third-order valence-corrected chi connectivity index (χ3v) is 3.93. The minimum absolute atomic E-state index is 0.0992. The number of anilines is 1. The quantitative estimate of drug-likeness (QED) is 0.680. The van der Waals surface area contributed by atoms with Crippen molar-refractivity contribution in [3.8, 4) is 0 Å². The lowest BCUT2D eigenvalue weighted by Gasteiger charge is -2.36. The Balaban J connectivity index is 1.64. The van der Waals surface area contributed by atoms with Gasteiger partial charge in [0.15, 0.2) is 0 Å². The Morgan fingerprint density at radius 2 is 1.86 bits per heavy atom. The molecule has 0 spiro atoms. The van der Waals surface area contributed by atoms with E-state index in [9.17, 15) is 14.5 Å². The smallest absolute Gasteiger partial charge is 0.271 e. The summed E-state index contributed by atoms with van der Waals surface area (Å²) in [5, 5.41) is 13.8. The molecule has 1 aliphatic carbocycles. The number of nitro groups is 1. The lowest BCUT2D eigenvalue weighted by molar-refractivity contribution is -0.384. The lowest BCUT2D eigenvalue weighted by Crippen LogP contribution is -2.34. The Morgan fingerprint density at radius 3 is 2.52 bits per heavy atom. The van der Waals surface area contributed by atoms with Crippen LogP contribution in [0.5, 0.6) is 0 Å². The van der Waals surface area contributed by atoms with E-state index in [0.29, 0.717) is 5.92 Å². The number of nitrogens with zero attached hydrogens (tertiary/aromatic N) is 1. The van der Waals surface area contributed by atoms with Gasteiger partial charge in [-0.25, -0.2) is 4.39 Å². The Kier molecular flexibility index (Phi) is 3.56. The molecule has 21 heavy (non-hydrogen) atoms. The van der Waals surface area contributed by atoms with E-state index in [2.05, 4.69) is 17.4 Å². The van der Waals surface area contributed by atoms with Crippen molar-refractivity contribution >= 4 is 11.4 Å². The van der Waals surface area contributed by atoms with Gasteiger partial charge in [0.25, 0.3) is 5.69 Å². The molecular weight excluding hydrogens is 271 g/mol. The number of benzene rings is 2. The summed E-state index contributed by atoms with van der Waals surface area (Å²) in [6.45, 7) is 0. The number of nitrogens with one attached hydrogen (secondary N) is 1. The highest BCUT2D eigenvalue weighted by Gasteiger charge is 2.30. The van der Waals surface area contributed by atoms with Gasteiger partial charge in [-0.05, 0) is 30.4 Å². The first-order valence-corrected chi connectivity index (χ1v) is 6.89. The predicted molar refractivity (Wildman–Crippen MR) is 78.9 cm³/mol. The molecule has 0 heterocycles. The number of nitro benzene ring substituents is 1. The highest BCUT2D eigenvalue weighted by atomic mass is 19.1. The molecule has 1 fully saturated rings. The zero-order valence-electron chi connectivity index (χ0n) is 11.3. The third kappa shape index (κ3) is 2.86. The van der Waals surface area contributed by atoms with E-state index in [1.807, 2.05) is 18.2 Å². The van der Waals surface area contributed by atoms with Crippen molar-refractivity contribution in [3.05, 3.63) is 70.0 Å². The maximum atomic E-state index is 13.7. The molecule has 1 aliphatic rings. The van der Waals surface area contributed by atoms with Gasteiger partial charge in [0.2, 0.25) is 0 Å². The summed E-state index contributed by atoms with van der Waals surface area (Å²) in [5.74, 6) is 0.0224. The number of non-ortho nitro benzene ring substituents is 1. The summed E-state index contributed by atoms with van der Waals surface area (Å²) in [6, 6.07) is 13.9. The molecule has 4 nitrogen and oxygen atoms in total. The van der Waals surface area contributed by atoms with Gasteiger partial charge >= 0.3 is 0 Å². The zero-order chi connectivity index (χ0) is 14.8. The minimum Gasteiger partial charge on any atom is -0.380 e. The van der Waals surface area contributed by atoms with Crippen molar-refractivity contribution in [1.29, 1.82) is 0 Å². The van der Waals surface area contributed by atoms with Crippen LogP contribution in [-0.4, -0.2) is 11.0 Å². The molecular formula is C16H15FN2O2. The normalized spacial score (nSPS) is 20.6. The number of hydrogen-bond donors (Lipinski definition) is 1. The van der Waals surface area contributed by atoms with Crippen LogP contribution < -0.4 is 5.32 Å². The fourth-order valence-electron chi connectivity index (χ4n) is 2.69. The highest BCUT2D eigenvalue weighted by molar-refractivity contribution is 5.53.